The molecule has 20 heavy (non-hydrogen) atoms. The van der Waals surface area contributed by atoms with Crippen molar-refractivity contribution in [3.63, 3.8) is 0 Å². The predicted molar refractivity (Wildman–Crippen MR) is 73.9 cm³/mol. The predicted octanol–water partition coefficient (Wildman–Crippen LogP) is 3.18. The Hall–Kier alpha value is -2.17. The van der Waals surface area contributed by atoms with Crippen LogP contribution < -0.4 is 4.74 Å². The van der Waals surface area contributed by atoms with Gasteiger partial charge in [0.25, 0.3) is 0 Å². The van der Waals surface area contributed by atoms with Crippen molar-refractivity contribution in [2.24, 2.45) is 10.4 Å². The molecule has 0 aliphatic carbocycles. The van der Waals surface area contributed by atoms with Crippen molar-refractivity contribution in [1.82, 2.24) is 0 Å². The van der Waals surface area contributed by atoms with E-state index in [2.05, 4.69) is 4.99 Å². The summed E-state index contributed by atoms with van der Waals surface area (Å²) in [4.78, 5) is 15.9. The largest absolute Gasteiger partial charge is 0.494 e. The normalized spacial score (nSPS) is 17.1. The zero-order valence-electron chi connectivity index (χ0n) is 11.9. The van der Waals surface area contributed by atoms with Crippen LogP contribution >= 0.6 is 0 Å². The van der Waals surface area contributed by atoms with Crippen LogP contribution in [0.25, 0.3) is 6.08 Å². The van der Waals surface area contributed by atoms with Crippen LogP contribution in [0.4, 0.5) is 4.39 Å². The van der Waals surface area contributed by atoms with Gasteiger partial charge in [0, 0.05) is 5.41 Å². The molecule has 5 heteroatoms. The summed E-state index contributed by atoms with van der Waals surface area (Å²) in [5, 5.41) is 0. The van der Waals surface area contributed by atoms with Gasteiger partial charge in [0.2, 0.25) is 5.90 Å². The number of aliphatic imine (C=N–C) groups is 1. The lowest BCUT2D eigenvalue weighted by Crippen LogP contribution is -2.21. The maximum atomic E-state index is 13.6. The van der Waals surface area contributed by atoms with E-state index in [1.807, 2.05) is 20.8 Å². The molecule has 1 aliphatic heterocycles. The van der Waals surface area contributed by atoms with Crippen LogP contribution in [0.1, 0.15) is 26.3 Å². The fraction of sp³-hybridized carbons (Fsp3) is 0.333. The first kappa shape index (κ1) is 14.2. The van der Waals surface area contributed by atoms with Gasteiger partial charge < -0.3 is 9.47 Å². The van der Waals surface area contributed by atoms with Gasteiger partial charge in [-0.3, -0.25) is 0 Å². The van der Waals surface area contributed by atoms with Crippen LogP contribution in [-0.2, 0) is 9.53 Å². The maximum Gasteiger partial charge on any atom is 0.363 e. The number of ether oxygens (including phenoxy) is 2. The highest BCUT2D eigenvalue weighted by molar-refractivity contribution is 6.08. The molecule has 106 valence electrons. The highest BCUT2D eigenvalue weighted by Crippen LogP contribution is 2.26. The molecule has 0 fully saturated rings. The summed E-state index contributed by atoms with van der Waals surface area (Å²) in [6.45, 7) is 5.69. The lowest BCUT2D eigenvalue weighted by molar-refractivity contribution is -0.130. The molecule has 1 aromatic rings. The van der Waals surface area contributed by atoms with Crippen molar-refractivity contribution >= 4 is 17.9 Å². The van der Waals surface area contributed by atoms with Gasteiger partial charge >= 0.3 is 5.97 Å². The van der Waals surface area contributed by atoms with Gasteiger partial charge in [-0.05, 0) is 23.8 Å². The summed E-state index contributed by atoms with van der Waals surface area (Å²) in [7, 11) is 1.39. The third kappa shape index (κ3) is 2.87. The smallest absolute Gasteiger partial charge is 0.363 e. The number of methoxy groups -OCH3 is 1. The van der Waals surface area contributed by atoms with Gasteiger partial charge in [-0.15, -0.1) is 0 Å². The van der Waals surface area contributed by atoms with Gasteiger partial charge in [0.15, 0.2) is 17.3 Å². The lowest BCUT2D eigenvalue weighted by Gasteiger charge is -2.15. The number of halogens is 1. The van der Waals surface area contributed by atoms with Crippen LogP contribution in [0.3, 0.4) is 0 Å². The van der Waals surface area contributed by atoms with Crippen molar-refractivity contribution in [3.05, 3.63) is 35.3 Å². The van der Waals surface area contributed by atoms with Crippen LogP contribution in [0.5, 0.6) is 5.75 Å². The van der Waals surface area contributed by atoms with E-state index < -0.39 is 11.8 Å². The number of benzene rings is 1. The first-order chi connectivity index (χ1) is 9.31. The van der Waals surface area contributed by atoms with Gasteiger partial charge in [-0.1, -0.05) is 26.8 Å². The summed E-state index contributed by atoms with van der Waals surface area (Å²) in [6.07, 6.45) is 1.49. The van der Waals surface area contributed by atoms with Crippen molar-refractivity contribution in [1.29, 1.82) is 0 Å². The zero-order chi connectivity index (χ0) is 14.9. The minimum absolute atomic E-state index is 0.153. The van der Waals surface area contributed by atoms with E-state index in [0.717, 1.165) is 0 Å². The van der Waals surface area contributed by atoms with Crippen LogP contribution in [0, 0.1) is 11.2 Å². The molecule has 2 rings (SSSR count). The number of hydrogen-bond acceptors (Lipinski definition) is 4. The fourth-order valence-electron chi connectivity index (χ4n) is 1.66. The van der Waals surface area contributed by atoms with Gasteiger partial charge in [0.05, 0.1) is 7.11 Å². The van der Waals surface area contributed by atoms with E-state index in [0.29, 0.717) is 11.5 Å². The summed E-state index contributed by atoms with van der Waals surface area (Å²) in [5.41, 5.74) is 0.338. The molecule has 0 aromatic heterocycles. The van der Waals surface area contributed by atoms with E-state index in [4.69, 9.17) is 9.47 Å². The third-order valence-electron chi connectivity index (χ3n) is 2.74. The molecule has 4 nitrogen and oxygen atoms in total. The standard InChI is InChI=1S/C15H16FNO3/c1-15(2,3)14-17-11(13(18)20-14)8-9-5-6-12(19-4)10(16)7-9/h5-8H,1-4H3/b11-8+. The molecule has 0 saturated carbocycles. The van der Waals surface area contributed by atoms with Gasteiger partial charge in [-0.2, -0.15) is 0 Å². The summed E-state index contributed by atoms with van der Waals surface area (Å²) in [6, 6.07) is 4.42. The Labute approximate surface area is 116 Å². The van der Waals surface area contributed by atoms with Crippen molar-refractivity contribution < 1.29 is 18.7 Å². The first-order valence-electron chi connectivity index (χ1n) is 6.18. The maximum absolute atomic E-state index is 13.6. The van der Waals surface area contributed by atoms with E-state index in [1.54, 1.807) is 6.07 Å². The average molecular weight is 277 g/mol. The second kappa shape index (κ2) is 5.07. The van der Waals surface area contributed by atoms with Crippen LogP contribution in [0.15, 0.2) is 28.9 Å². The molecule has 0 radical (unpaired) electrons. The topological polar surface area (TPSA) is 47.9 Å². The molecule has 0 amide bonds. The molecule has 0 saturated heterocycles. The average Bonchev–Trinajstić information content (AvgIpc) is 2.71. The molecule has 0 unspecified atom stereocenters. The minimum Gasteiger partial charge on any atom is -0.494 e. The number of carbonyl (C=O) groups excluding carboxylic acids is 1. The van der Waals surface area contributed by atoms with Crippen LogP contribution in [0.2, 0.25) is 0 Å². The Bertz CT molecular complexity index is 612. The Balaban J connectivity index is 2.34. The zero-order valence-corrected chi connectivity index (χ0v) is 11.9. The Morgan fingerprint density at radius 2 is 2.05 bits per heavy atom. The monoisotopic (exact) mass is 277 g/mol. The Morgan fingerprint density at radius 3 is 2.55 bits per heavy atom. The van der Waals surface area contributed by atoms with Gasteiger partial charge in [0.1, 0.15) is 0 Å². The van der Waals surface area contributed by atoms with Crippen molar-refractivity contribution in [2.75, 3.05) is 7.11 Å². The third-order valence-corrected chi connectivity index (χ3v) is 2.74. The number of hydrogen-bond donors (Lipinski definition) is 0. The molecule has 0 N–H and O–H groups in total. The van der Waals surface area contributed by atoms with Crippen LogP contribution in [-0.4, -0.2) is 19.0 Å². The van der Waals surface area contributed by atoms with E-state index >= 15 is 0 Å². The fourth-order valence-corrected chi connectivity index (χ4v) is 1.66. The summed E-state index contributed by atoms with van der Waals surface area (Å²) in [5.74, 6) is -0.498. The molecule has 1 aliphatic rings. The molecular formula is C15H16FNO3. The van der Waals surface area contributed by atoms with Crippen molar-refractivity contribution in [3.8, 4) is 5.75 Å². The molecular weight excluding hydrogens is 261 g/mol. The van der Waals surface area contributed by atoms with Gasteiger partial charge in [-0.25, -0.2) is 14.2 Å². The quantitative estimate of drug-likeness (QED) is 0.616. The highest BCUT2D eigenvalue weighted by Gasteiger charge is 2.31. The van der Waals surface area contributed by atoms with E-state index in [1.165, 1.54) is 25.3 Å². The summed E-state index contributed by atoms with van der Waals surface area (Å²) < 4.78 is 23.5. The number of rotatable bonds is 2. The minimum atomic E-state index is -0.522. The molecule has 0 bridgehead atoms. The molecule has 1 heterocycles. The Morgan fingerprint density at radius 1 is 1.35 bits per heavy atom. The number of esters is 1. The second-order valence-electron chi connectivity index (χ2n) is 5.48. The SMILES string of the molecule is COc1ccc(/C=C2/N=C(C(C)(C)C)OC2=O)cc1F. The van der Waals surface area contributed by atoms with E-state index in [9.17, 15) is 9.18 Å². The number of carbonyl (C=O) groups is 1. The second-order valence-corrected chi connectivity index (χ2v) is 5.48. The molecule has 0 spiro atoms. The first-order valence-corrected chi connectivity index (χ1v) is 6.18. The highest BCUT2D eigenvalue weighted by atomic mass is 19.1. The Kier molecular flexibility index (Phi) is 3.61. The molecule has 1 aromatic carbocycles. The molecule has 0 atom stereocenters. The van der Waals surface area contributed by atoms with Crippen molar-refractivity contribution in [2.45, 2.75) is 20.8 Å². The number of cyclic esters (lactones) is 1. The number of nitrogens with zero attached hydrogens (tertiary/aromatic N) is 1. The lowest BCUT2D eigenvalue weighted by atomic mass is 9.97. The summed E-state index contributed by atoms with van der Waals surface area (Å²) >= 11 is 0. The van der Waals surface area contributed by atoms with E-state index in [-0.39, 0.29) is 16.9 Å².